The molecule has 2 saturated heterocycles. The van der Waals surface area contributed by atoms with Gasteiger partial charge in [-0.05, 0) is 12.8 Å². The normalized spacial score (nSPS) is 21.0. The van der Waals surface area contributed by atoms with Crippen molar-refractivity contribution in [2.75, 3.05) is 52.4 Å². The van der Waals surface area contributed by atoms with Crippen LogP contribution in [0.25, 0.3) is 0 Å². The van der Waals surface area contributed by atoms with Crippen LogP contribution in [0.2, 0.25) is 0 Å². The van der Waals surface area contributed by atoms with Gasteiger partial charge >= 0.3 is 0 Å². The summed E-state index contributed by atoms with van der Waals surface area (Å²) in [5.74, 6) is -0.248. The summed E-state index contributed by atoms with van der Waals surface area (Å²) in [7, 11) is 0. The number of carbonyl (C=O) groups is 1. The average molecular weight is 305 g/mol. The lowest BCUT2D eigenvalue weighted by molar-refractivity contribution is -0.117. The number of nitrogens with zero attached hydrogens (tertiary/aromatic N) is 3. The molecule has 0 aromatic rings. The Hall–Kier alpha value is -1.58. The summed E-state index contributed by atoms with van der Waals surface area (Å²) in [5, 5.41) is 15.4. The predicted molar refractivity (Wildman–Crippen MR) is 86.1 cm³/mol. The van der Waals surface area contributed by atoms with Gasteiger partial charge in [-0.15, -0.1) is 0 Å². The first-order valence-electron chi connectivity index (χ1n) is 8.37. The largest absolute Gasteiger partial charge is 0.376 e. The molecule has 0 aromatic carbocycles. The average Bonchev–Trinajstić information content (AvgIpc) is 2.82. The topological polar surface area (TPSA) is 71.4 Å². The van der Waals surface area contributed by atoms with E-state index in [1.807, 2.05) is 6.07 Å². The van der Waals surface area contributed by atoms with Crippen LogP contribution in [0, 0.1) is 11.3 Å². The van der Waals surface area contributed by atoms with Crippen molar-refractivity contribution in [1.29, 1.82) is 5.26 Å². The van der Waals surface area contributed by atoms with E-state index < -0.39 is 0 Å². The number of hydrogen-bond donors (Lipinski definition) is 2. The Labute approximate surface area is 133 Å². The zero-order chi connectivity index (χ0) is 15.6. The molecule has 0 spiro atoms. The maximum atomic E-state index is 12.1. The van der Waals surface area contributed by atoms with Crippen molar-refractivity contribution in [3.8, 4) is 6.07 Å². The van der Waals surface area contributed by atoms with Gasteiger partial charge in [0, 0.05) is 58.6 Å². The van der Waals surface area contributed by atoms with Gasteiger partial charge in [-0.1, -0.05) is 12.8 Å². The molecule has 22 heavy (non-hydrogen) atoms. The second kappa shape index (κ2) is 9.44. The molecule has 0 aromatic heterocycles. The Bertz CT molecular complexity index is 415. The van der Waals surface area contributed by atoms with E-state index in [2.05, 4.69) is 20.4 Å². The number of rotatable bonds is 5. The minimum atomic E-state index is -0.248. The Morgan fingerprint density at radius 2 is 1.82 bits per heavy atom. The second-order valence-electron chi connectivity index (χ2n) is 5.95. The molecule has 1 amide bonds. The molecule has 0 unspecified atom stereocenters. The lowest BCUT2D eigenvalue weighted by Gasteiger charge is -2.27. The van der Waals surface area contributed by atoms with Crippen LogP contribution < -0.4 is 10.6 Å². The number of nitrogens with one attached hydrogen (secondary N) is 2. The molecule has 122 valence electrons. The fourth-order valence-electron chi connectivity index (χ4n) is 2.90. The molecule has 2 aliphatic heterocycles. The summed E-state index contributed by atoms with van der Waals surface area (Å²) >= 11 is 0. The highest BCUT2D eigenvalue weighted by Crippen LogP contribution is 2.11. The van der Waals surface area contributed by atoms with E-state index in [0.717, 1.165) is 58.7 Å². The molecule has 2 N–H and O–H groups in total. The predicted octanol–water partition coefficient (Wildman–Crippen LogP) is 0.291. The Balaban J connectivity index is 1.76. The van der Waals surface area contributed by atoms with Gasteiger partial charge in [-0.25, -0.2) is 0 Å². The summed E-state index contributed by atoms with van der Waals surface area (Å²) in [6.07, 6.45) is 6.50. The molecular weight excluding hydrogens is 278 g/mol. The van der Waals surface area contributed by atoms with Gasteiger partial charge in [0.1, 0.15) is 11.6 Å². The van der Waals surface area contributed by atoms with Crippen LogP contribution in [0.5, 0.6) is 0 Å². The van der Waals surface area contributed by atoms with Crippen molar-refractivity contribution in [2.24, 2.45) is 0 Å². The van der Waals surface area contributed by atoms with E-state index in [0.29, 0.717) is 6.54 Å². The molecule has 2 rings (SSSR count). The van der Waals surface area contributed by atoms with Gasteiger partial charge in [-0.3, -0.25) is 9.69 Å². The fraction of sp³-hybridized carbons (Fsp3) is 0.750. The number of amides is 1. The maximum Gasteiger partial charge on any atom is 0.263 e. The van der Waals surface area contributed by atoms with Gasteiger partial charge in [0.05, 0.1) is 0 Å². The molecule has 2 aliphatic rings. The van der Waals surface area contributed by atoms with Crippen LogP contribution in [-0.2, 0) is 4.79 Å². The molecule has 6 heteroatoms. The van der Waals surface area contributed by atoms with E-state index in [-0.39, 0.29) is 11.5 Å². The van der Waals surface area contributed by atoms with E-state index >= 15 is 0 Å². The SMILES string of the molecule is N#C/C(=C/N1CCCCCC1)C(=O)NCCN1CCNCC1. The van der Waals surface area contributed by atoms with Crippen LogP contribution in [0.3, 0.4) is 0 Å². The summed E-state index contributed by atoms with van der Waals surface area (Å²) in [4.78, 5) is 16.5. The van der Waals surface area contributed by atoms with E-state index in [4.69, 9.17) is 0 Å². The van der Waals surface area contributed by atoms with E-state index in [9.17, 15) is 10.1 Å². The van der Waals surface area contributed by atoms with Crippen LogP contribution in [0.4, 0.5) is 0 Å². The van der Waals surface area contributed by atoms with Gasteiger partial charge in [-0.2, -0.15) is 5.26 Å². The van der Waals surface area contributed by atoms with Crippen LogP contribution in [0.15, 0.2) is 11.8 Å². The van der Waals surface area contributed by atoms with E-state index in [1.165, 1.54) is 12.8 Å². The molecule has 0 atom stereocenters. The molecule has 2 heterocycles. The Morgan fingerprint density at radius 1 is 1.14 bits per heavy atom. The van der Waals surface area contributed by atoms with Gasteiger partial charge < -0.3 is 15.5 Å². The highest BCUT2D eigenvalue weighted by Gasteiger charge is 2.13. The maximum absolute atomic E-state index is 12.1. The highest BCUT2D eigenvalue weighted by atomic mass is 16.1. The smallest absolute Gasteiger partial charge is 0.263 e. The Kier molecular flexibility index (Phi) is 7.20. The number of hydrogen-bond acceptors (Lipinski definition) is 5. The second-order valence-corrected chi connectivity index (χ2v) is 5.95. The highest BCUT2D eigenvalue weighted by molar-refractivity contribution is 5.97. The number of likely N-dealkylation sites (tertiary alicyclic amines) is 1. The van der Waals surface area contributed by atoms with Gasteiger partial charge in [0.15, 0.2) is 0 Å². The lowest BCUT2D eigenvalue weighted by Crippen LogP contribution is -2.46. The molecule has 6 nitrogen and oxygen atoms in total. The molecule has 2 fully saturated rings. The summed E-state index contributed by atoms with van der Waals surface area (Å²) in [6.45, 7) is 7.37. The zero-order valence-corrected chi connectivity index (χ0v) is 13.3. The summed E-state index contributed by atoms with van der Waals surface area (Å²) < 4.78 is 0. The summed E-state index contributed by atoms with van der Waals surface area (Å²) in [6, 6.07) is 2.04. The van der Waals surface area contributed by atoms with Gasteiger partial charge in [0.2, 0.25) is 0 Å². The standard InChI is InChI=1S/C16H27N5O/c17-13-15(14-21-8-3-1-2-4-9-21)16(22)19-7-12-20-10-5-18-6-11-20/h14,18H,1-12H2,(H,19,22)/b15-14-. The first-order valence-corrected chi connectivity index (χ1v) is 8.37. The number of piperazine rings is 1. The van der Waals surface area contributed by atoms with Crippen molar-refractivity contribution in [3.63, 3.8) is 0 Å². The molecule has 0 radical (unpaired) electrons. The van der Waals surface area contributed by atoms with Gasteiger partial charge in [0.25, 0.3) is 5.91 Å². The van der Waals surface area contributed by atoms with Crippen molar-refractivity contribution in [1.82, 2.24) is 20.4 Å². The van der Waals surface area contributed by atoms with Crippen LogP contribution in [-0.4, -0.2) is 68.1 Å². The zero-order valence-electron chi connectivity index (χ0n) is 13.3. The lowest BCUT2D eigenvalue weighted by atomic mass is 10.2. The quantitative estimate of drug-likeness (QED) is 0.564. The third-order valence-electron chi connectivity index (χ3n) is 4.24. The molecule has 0 saturated carbocycles. The van der Waals surface area contributed by atoms with Crippen molar-refractivity contribution >= 4 is 5.91 Å². The third kappa shape index (κ3) is 5.66. The number of carbonyl (C=O) groups excluding carboxylic acids is 1. The minimum absolute atomic E-state index is 0.224. The third-order valence-corrected chi connectivity index (χ3v) is 4.24. The molecular formula is C16H27N5O. The number of nitriles is 1. The first kappa shape index (κ1) is 16.8. The van der Waals surface area contributed by atoms with Crippen molar-refractivity contribution < 1.29 is 4.79 Å². The molecule has 0 aliphatic carbocycles. The Morgan fingerprint density at radius 3 is 2.45 bits per heavy atom. The molecule has 0 bridgehead atoms. The fourth-order valence-corrected chi connectivity index (χ4v) is 2.90. The monoisotopic (exact) mass is 305 g/mol. The van der Waals surface area contributed by atoms with Crippen molar-refractivity contribution in [2.45, 2.75) is 25.7 Å². The summed E-state index contributed by atoms with van der Waals surface area (Å²) in [5.41, 5.74) is 0.224. The minimum Gasteiger partial charge on any atom is -0.376 e. The van der Waals surface area contributed by atoms with Crippen LogP contribution >= 0.6 is 0 Å². The first-order chi connectivity index (χ1) is 10.8. The van der Waals surface area contributed by atoms with Crippen molar-refractivity contribution in [3.05, 3.63) is 11.8 Å². The van der Waals surface area contributed by atoms with Crippen LogP contribution in [0.1, 0.15) is 25.7 Å². The van der Waals surface area contributed by atoms with E-state index in [1.54, 1.807) is 6.20 Å².